The minimum Gasteiger partial charge on any atom is -0.493 e. The maximum Gasteiger partial charge on any atom is 0.165 e. The molecule has 1 unspecified atom stereocenters. The summed E-state index contributed by atoms with van der Waals surface area (Å²) in [7, 11) is 0. The summed E-state index contributed by atoms with van der Waals surface area (Å²) in [5, 5.41) is 0. The maximum absolute atomic E-state index is 13.6. The van der Waals surface area contributed by atoms with Crippen LogP contribution in [0.15, 0.2) is 46.9 Å². The molecule has 0 bridgehead atoms. The average Bonchev–Trinajstić information content (AvgIpc) is 2.48. The van der Waals surface area contributed by atoms with Crippen LogP contribution in [0.5, 0.6) is 11.5 Å². The second-order valence-corrected chi connectivity index (χ2v) is 5.67. The molecule has 2 aromatic carbocycles. The lowest BCUT2D eigenvalue weighted by Gasteiger charge is -2.25. The van der Waals surface area contributed by atoms with E-state index in [1.165, 1.54) is 6.07 Å². The van der Waals surface area contributed by atoms with Gasteiger partial charge in [-0.3, -0.25) is 0 Å². The second kappa shape index (κ2) is 5.83. The molecule has 0 saturated heterocycles. The summed E-state index contributed by atoms with van der Waals surface area (Å²) >= 11 is 3.32. The Morgan fingerprint density at radius 3 is 3.00 bits per heavy atom. The van der Waals surface area contributed by atoms with Gasteiger partial charge in [0, 0.05) is 16.0 Å². The summed E-state index contributed by atoms with van der Waals surface area (Å²) in [6.07, 6.45) is 0.882. The molecule has 104 valence electrons. The highest BCUT2D eigenvalue weighted by atomic mass is 79.9. The molecule has 0 amide bonds. The van der Waals surface area contributed by atoms with Crippen LogP contribution < -0.4 is 9.47 Å². The number of rotatable bonds is 3. The number of benzene rings is 2. The van der Waals surface area contributed by atoms with Gasteiger partial charge >= 0.3 is 0 Å². The fraction of sp³-hybridized carbons (Fsp3) is 0.250. The number of fused-ring (bicyclic) bond motifs is 1. The van der Waals surface area contributed by atoms with Crippen LogP contribution in [0.2, 0.25) is 0 Å². The van der Waals surface area contributed by atoms with Crippen molar-refractivity contribution in [2.45, 2.75) is 12.3 Å². The Morgan fingerprint density at radius 2 is 2.10 bits per heavy atom. The average molecular weight is 337 g/mol. The Hall–Kier alpha value is -1.55. The summed E-state index contributed by atoms with van der Waals surface area (Å²) in [6.45, 7) is 1.12. The van der Waals surface area contributed by atoms with Crippen molar-refractivity contribution in [3.8, 4) is 11.5 Å². The Bertz CT molecular complexity index is 615. The highest BCUT2D eigenvalue weighted by Gasteiger charge is 2.22. The third-order valence-corrected chi connectivity index (χ3v) is 3.91. The highest BCUT2D eigenvalue weighted by Crippen LogP contribution is 2.34. The van der Waals surface area contributed by atoms with Gasteiger partial charge in [0.2, 0.25) is 0 Å². The molecule has 4 heteroatoms. The van der Waals surface area contributed by atoms with E-state index >= 15 is 0 Å². The van der Waals surface area contributed by atoms with Crippen LogP contribution in [-0.4, -0.2) is 13.2 Å². The van der Waals surface area contributed by atoms with Gasteiger partial charge in [-0.1, -0.05) is 34.1 Å². The van der Waals surface area contributed by atoms with Crippen molar-refractivity contribution in [2.75, 3.05) is 13.2 Å². The molecule has 2 aromatic rings. The minimum absolute atomic E-state index is 0.235. The summed E-state index contributed by atoms with van der Waals surface area (Å²) in [6, 6.07) is 12.7. The predicted octanol–water partition coefficient (Wildman–Crippen LogP) is 4.53. The van der Waals surface area contributed by atoms with Crippen molar-refractivity contribution in [1.82, 2.24) is 0 Å². The lowest BCUT2D eigenvalue weighted by Crippen LogP contribution is -2.19. The first-order valence-electron chi connectivity index (χ1n) is 6.53. The zero-order valence-corrected chi connectivity index (χ0v) is 12.4. The third-order valence-electron chi connectivity index (χ3n) is 3.42. The maximum atomic E-state index is 13.6. The Kier molecular flexibility index (Phi) is 3.92. The quantitative estimate of drug-likeness (QED) is 0.819. The van der Waals surface area contributed by atoms with Gasteiger partial charge in [-0.2, -0.15) is 0 Å². The van der Waals surface area contributed by atoms with Crippen molar-refractivity contribution in [2.24, 2.45) is 0 Å². The monoisotopic (exact) mass is 336 g/mol. The van der Waals surface area contributed by atoms with Gasteiger partial charge in [0.25, 0.3) is 0 Å². The van der Waals surface area contributed by atoms with Crippen LogP contribution in [0, 0.1) is 5.82 Å². The standard InChI is InChI=1S/C16H14BrFO2/c17-12-5-6-14(18)16(9-12)20-10-11-7-8-19-15-4-2-1-3-13(11)15/h1-6,9,11H,7-8,10H2. The molecule has 1 aliphatic heterocycles. The number of hydrogen-bond donors (Lipinski definition) is 0. The first-order valence-corrected chi connectivity index (χ1v) is 7.33. The molecule has 0 aromatic heterocycles. The molecule has 1 heterocycles. The van der Waals surface area contributed by atoms with Crippen LogP contribution in [0.1, 0.15) is 17.9 Å². The molecule has 0 radical (unpaired) electrons. The molecule has 0 aliphatic carbocycles. The largest absolute Gasteiger partial charge is 0.493 e. The molecule has 1 aliphatic rings. The molecule has 0 saturated carbocycles. The van der Waals surface area contributed by atoms with E-state index in [4.69, 9.17) is 9.47 Å². The Morgan fingerprint density at radius 1 is 1.25 bits per heavy atom. The van der Waals surface area contributed by atoms with Gasteiger partial charge in [0.05, 0.1) is 13.2 Å². The molecule has 0 spiro atoms. The summed E-state index contributed by atoms with van der Waals surface area (Å²) in [5.74, 6) is 1.08. The van der Waals surface area contributed by atoms with Gasteiger partial charge in [0.15, 0.2) is 11.6 Å². The van der Waals surface area contributed by atoms with Crippen LogP contribution in [-0.2, 0) is 0 Å². The van der Waals surface area contributed by atoms with E-state index in [0.29, 0.717) is 13.2 Å². The van der Waals surface area contributed by atoms with E-state index in [2.05, 4.69) is 15.9 Å². The number of hydrogen-bond acceptors (Lipinski definition) is 2. The van der Waals surface area contributed by atoms with Crippen molar-refractivity contribution >= 4 is 15.9 Å². The fourth-order valence-corrected chi connectivity index (χ4v) is 2.71. The summed E-state index contributed by atoms with van der Waals surface area (Å²) < 4.78 is 25.7. The zero-order chi connectivity index (χ0) is 13.9. The third kappa shape index (κ3) is 2.80. The van der Waals surface area contributed by atoms with E-state index in [1.807, 2.05) is 24.3 Å². The van der Waals surface area contributed by atoms with Gasteiger partial charge in [-0.05, 0) is 30.7 Å². The molecule has 3 rings (SSSR count). The first kappa shape index (κ1) is 13.4. The molecular weight excluding hydrogens is 323 g/mol. The smallest absolute Gasteiger partial charge is 0.165 e. The van der Waals surface area contributed by atoms with Crippen LogP contribution in [0.3, 0.4) is 0 Å². The van der Waals surface area contributed by atoms with Crippen LogP contribution in [0.25, 0.3) is 0 Å². The fourth-order valence-electron chi connectivity index (χ4n) is 2.37. The van der Waals surface area contributed by atoms with Crippen molar-refractivity contribution in [3.05, 3.63) is 58.3 Å². The van der Waals surface area contributed by atoms with Crippen LogP contribution >= 0.6 is 15.9 Å². The Labute approximate surface area is 125 Å². The molecule has 1 atom stereocenters. The molecule has 2 nitrogen and oxygen atoms in total. The lowest BCUT2D eigenvalue weighted by atomic mass is 9.94. The zero-order valence-electron chi connectivity index (χ0n) is 10.8. The van der Waals surface area contributed by atoms with E-state index in [0.717, 1.165) is 22.2 Å². The molecule has 0 N–H and O–H groups in total. The number of ether oxygens (including phenoxy) is 2. The second-order valence-electron chi connectivity index (χ2n) is 4.76. The minimum atomic E-state index is -0.339. The van der Waals surface area contributed by atoms with Gasteiger partial charge < -0.3 is 9.47 Å². The van der Waals surface area contributed by atoms with Gasteiger partial charge in [-0.25, -0.2) is 4.39 Å². The summed E-state index contributed by atoms with van der Waals surface area (Å²) in [5.41, 5.74) is 1.13. The van der Waals surface area contributed by atoms with E-state index in [-0.39, 0.29) is 17.5 Å². The molecule has 20 heavy (non-hydrogen) atoms. The van der Waals surface area contributed by atoms with E-state index in [1.54, 1.807) is 12.1 Å². The predicted molar refractivity (Wildman–Crippen MR) is 78.9 cm³/mol. The van der Waals surface area contributed by atoms with Crippen molar-refractivity contribution in [3.63, 3.8) is 0 Å². The topological polar surface area (TPSA) is 18.5 Å². The van der Waals surface area contributed by atoms with Gasteiger partial charge in [-0.15, -0.1) is 0 Å². The Balaban J connectivity index is 1.75. The van der Waals surface area contributed by atoms with Crippen molar-refractivity contribution < 1.29 is 13.9 Å². The molecular formula is C16H14BrFO2. The van der Waals surface area contributed by atoms with E-state index < -0.39 is 0 Å². The lowest BCUT2D eigenvalue weighted by molar-refractivity contribution is 0.213. The van der Waals surface area contributed by atoms with Gasteiger partial charge in [0.1, 0.15) is 5.75 Å². The van der Waals surface area contributed by atoms with Crippen LogP contribution in [0.4, 0.5) is 4.39 Å². The number of halogens is 2. The highest BCUT2D eigenvalue weighted by molar-refractivity contribution is 9.10. The first-order chi connectivity index (χ1) is 9.74. The number of para-hydroxylation sites is 1. The normalized spacial score (nSPS) is 17.2. The van der Waals surface area contributed by atoms with E-state index in [9.17, 15) is 4.39 Å². The SMILES string of the molecule is Fc1ccc(Br)cc1OCC1CCOc2ccccc21. The van der Waals surface area contributed by atoms with Crippen molar-refractivity contribution in [1.29, 1.82) is 0 Å². The summed E-state index contributed by atoms with van der Waals surface area (Å²) in [4.78, 5) is 0. The molecule has 0 fully saturated rings.